The molecule has 0 aliphatic carbocycles. The Morgan fingerprint density at radius 2 is 1.78 bits per heavy atom. The summed E-state index contributed by atoms with van der Waals surface area (Å²) in [5.74, 6) is -0.347. The van der Waals surface area contributed by atoms with Gasteiger partial charge in [0.2, 0.25) is 10.0 Å². The summed E-state index contributed by atoms with van der Waals surface area (Å²) in [7, 11) is -0.544. The quantitative estimate of drug-likeness (QED) is 0.625. The standard InChI is InChI=1S/C19H22BrClN2O3S/c1-13(2)23(4)27(25,26)15-9-10-18(21)16(11-15)19(24)22(3)12-14-7-5-6-8-17(14)20/h5-11,13H,12H2,1-4H3. The molecule has 0 atom stereocenters. The lowest BCUT2D eigenvalue weighted by Crippen LogP contribution is -2.33. The van der Waals surface area contributed by atoms with Crippen LogP contribution < -0.4 is 0 Å². The second kappa shape index (κ2) is 8.73. The average Bonchev–Trinajstić information content (AvgIpc) is 2.62. The van der Waals surface area contributed by atoms with Gasteiger partial charge in [-0.1, -0.05) is 45.7 Å². The van der Waals surface area contributed by atoms with E-state index in [1.807, 2.05) is 24.3 Å². The molecule has 0 bridgehead atoms. The molecular weight excluding hydrogens is 452 g/mol. The van der Waals surface area contributed by atoms with Crippen LogP contribution in [-0.2, 0) is 16.6 Å². The summed E-state index contributed by atoms with van der Waals surface area (Å²) >= 11 is 9.66. The van der Waals surface area contributed by atoms with Crippen LogP contribution in [0, 0.1) is 0 Å². The highest BCUT2D eigenvalue weighted by molar-refractivity contribution is 9.10. The molecule has 0 unspecified atom stereocenters. The molecule has 146 valence electrons. The van der Waals surface area contributed by atoms with Crippen molar-refractivity contribution in [3.05, 3.63) is 63.1 Å². The SMILES string of the molecule is CC(C)N(C)S(=O)(=O)c1ccc(Cl)c(C(=O)N(C)Cc2ccccc2Br)c1. The highest BCUT2D eigenvalue weighted by atomic mass is 79.9. The van der Waals surface area contributed by atoms with Gasteiger partial charge in [0, 0.05) is 31.2 Å². The van der Waals surface area contributed by atoms with Gasteiger partial charge >= 0.3 is 0 Å². The number of carbonyl (C=O) groups is 1. The highest BCUT2D eigenvalue weighted by Gasteiger charge is 2.26. The smallest absolute Gasteiger partial charge is 0.255 e. The Bertz CT molecular complexity index is 948. The Balaban J connectivity index is 2.35. The van der Waals surface area contributed by atoms with Crippen LogP contribution in [0.3, 0.4) is 0 Å². The summed E-state index contributed by atoms with van der Waals surface area (Å²) in [6.07, 6.45) is 0. The molecule has 0 aliphatic rings. The van der Waals surface area contributed by atoms with E-state index in [2.05, 4.69) is 15.9 Å². The third-order valence-electron chi connectivity index (χ3n) is 4.28. The van der Waals surface area contributed by atoms with Gasteiger partial charge in [-0.15, -0.1) is 0 Å². The zero-order chi connectivity index (χ0) is 20.4. The summed E-state index contributed by atoms with van der Waals surface area (Å²) in [4.78, 5) is 14.4. The fourth-order valence-electron chi connectivity index (χ4n) is 2.43. The molecule has 0 spiro atoms. The minimum Gasteiger partial charge on any atom is -0.337 e. The number of benzene rings is 2. The van der Waals surface area contributed by atoms with E-state index in [1.165, 1.54) is 34.5 Å². The highest BCUT2D eigenvalue weighted by Crippen LogP contribution is 2.25. The minimum atomic E-state index is -3.71. The van der Waals surface area contributed by atoms with Crippen molar-refractivity contribution < 1.29 is 13.2 Å². The lowest BCUT2D eigenvalue weighted by atomic mass is 10.1. The molecule has 27 heavy (non-hydrogen) atoms. The van der Waals surface area contributed by atoms with Gasteiger partial charge in [-0.2, -0.15) is 4.31 Å². The van der Waals surface area contributed by atoms with E-state index < -0.39 is 10.0 Å². The summed E-state index contributed by atoms with van der Waals surface area (Å²) in [5.41, 5.74) is 1.09. The summed E-state index contributed by atoms with van der Waals surface area (Å²) in [5, 5.41) is 0.213. The van der Waals surface area contributed by atoms with Gasteiger partial charge in [0.1, 0.15) is 0 Å². The van der Waals surface area contributed by atoms with Crippen LogP contribution in [0.2, 0.25) is 5.02 Å². The topological polar surface area (TPSA) is 57.7 Å². The van der Waals surface area contributed by atoms with E-state index in [-0.39, 0.29) is 27.4 Å². The van der Waals surface area contributed by atoms with Crippen molar-refractivity contribution in [2.75, 3.05) is 14.1 Å². The molecule has 2 aromatic carbocycles. The Morgan fingerprint density at radius 3 is 2.37 bits per heavy atom. The van der Waals surface area contributed by atoms with Crippen LogP contribution in [0.5, 0.6) is 0 Å². The zero-order valence-corrected chi connectivity index (χ0v) is 18.8. The van der Waals surface area contributed by atoms with E-state index in [1.54, 1.807) is 20.9 Å². The fourth-order valence-corrected chi connectivity index (χ4v) is 4.44. The maximum Gasteiger partial charge on any atom is 0.255 e. The van der Waals surface area contributed by atoms with Gasteiger partial charge in [-0.3, -0.25) is 4.79 Å². The predicted octanol–water partition coefficient (Wildman–Crippen LogP) is 4.40. The van der Waals surface area contributed by atoms with Crippen molar-refractivity contribution in [3.8, 4) is 0 Å². The van der Waals surface area contributed by atoms with Crippen LogP contribution in [0.1, 0.15) is 29.8 Å². The number of carbonyl (C=O) groups excluding carboxylic acids is 1. The van der Waals surface area contributed by atoms with Crippen molar-refractivity contribution in [1.29, 1.82) is 0 Å². The first kappa shape index (κ1) is 21.9. The number of rotatable bonds is 6. The number of hydrogen-bond acceptors (Lipinski definition) is 3. The number of nitrogens with zero attached hydrogens (tertiary/aromatic N) is 2. The maximum absolute atomic E-state index is 12.9. The molecule has 0 saturated heterocycles. The molecule has 0 saturated carbocycles. The molecule has 0 heterocycles. The van der Waals surface area contributed by atoms with Crippen LogP contribution in [0.15, 0.2) is 51.8 Å². The second-order valence-electron chi connectivity index (χ2n) is 6.51. The minimum absolute atomic E-state index is 0.0424. The van der Waals surface area contributed by atoms with E-state index >= 15 is 0 Å². The monoisotopic (exact) mass is 472 g/mol. The third-order valence-corrected chi connectivity index (χ3v) is 7.42. The van der Waals surface area contributed by atoms with Crippen LogP contribution in [0.4, 0.5) is 0 Å². The second-order valence-corrected chi connectivity index (χ2v) is 9.77. The normalized spacial score (nSPS) is 11.9. The summed E-state index contributed by atoms with van der Waals surface area (Å²) < 4.78 is 27.6. The van der Waals surface area contributed by atoms with Crippen molar-refractivity contribution in [2.45, 2.75) is 31.3 Å². The van der Waals surface area contributed by atoms with E-state index in [0.717, 1.165) is 10.0 Å². The Hall–Kier alpha value is -1.41. The first-order valence-corrected chi connectivity index (χ1v) is 10.9. The average molecular weight is 474 g/mol. The van der Waals surface area contributed by atoms with Crippen LogP contribution in [0.25, 0.3) is 0 Å². The van der Waals surface area contributed by atoms with Gasteiger partial charge in [-0.25, -0.2) is 8.42 Å². The van der Waals surface area contributed by atoms with Gasteiger partial charge in [-0.05, 0) is 43.7 Å². The first-order valence-electron chi connectivity index (χ1n) is 8.32. The van der Waals surface area contributed by atoms with Crippen molar-refractivity contribution in [2.24, 2.45) is 0 Å². The largest absolute Gasteiger partial charge is 0.337 e. The fraction of sp³-hybridized carbons (Fsp3) is 0.316. The van der Waals surface area contributed by atoms with E-state index in [9.17, 15) is 13.2 Å². The van der Waals surface area contributed by atoms with Crippen LogP contribution in [-0.4, -0.2) is 43.7 Å². The van der Waals surface area contributed by atoms with Crippen LogP contribution >= 0.6 is 27.5 Å². The number of amides is 1. The van der Waals surface area contributed by atoms with Gasteiger partial charge in [0.15, 0.2) is 0 Å². The molecule has 0 fully saturated rings. The number of halogens is 2. The molecule has 8 heteroatoms. The van der Waals surface area contributed by atoms with Gasteiger partial charge in [0.25, 0.3) is 5.91 Å². The third kappa shape index (κ3) is 4.90. The first-order chi connectivity index (χ1) is 12.6. The van der Waals surface area contributed by atoms with Gasteiger partial charge in [0.05, 0.1) is 15.5 Å². The van der Waals surface area contributed by atoms with Crippen molar-refractivity contribution >= 4 is 43.5 Å². The Morgan fingerprint density at radius 1 is 1.15 bits per heavy atom. The lowest BCUT2D eigenvalue weighted by molar-refractivity contribution is 0.0785. The van der Waals surface area contributed by atoms with Crippen molar-refractivity contribution in [1.82, 2.24) is 9.21 Å². The molecule has 0 radical (unpaired) electrons. The number of sulfonamides is 1. The van der Waals surface area contributed by atoms with Crippen molar-refractivity contribution in [3.63, 3.8) is 0 Å². The summed E-state index contributed by atoms with van der Waals surface area (Å²) in [6.45, 7) is 3.93. The Labute approximate surface area is 174 Å². The predicted molar refractivity (Wildman–Crippen MR) is 111 cm³/mol. The summed E-state index contributed by atoms with van der Waals surface area (Å²) in [6, 6.07) is 11.6. The molecule has 0 N–H and O–H groups in total. The van der Waals surface area contributed by atoms with Gasteiger partial charge < -0.3 is 4.90 Å². The lowest BCUT2D eigenvalue weighted by Gasteiger charge is -2.22. The molecule has 0 aromatic heterocycles. The maximum atomic E-state index is 12.9. The zero-order valence-electron chi connectivity index (χ0n) is 15.6. The Kier molecular flexibility index (Phi) is 7.08. The molecule has 2 aromatic rings. The number of hydrogen-bond donors (Lipinski definition) is 0. The van der Waals surface area contributed by atoms with E-state index in [4.69, 9.17) is 11.6 Å². The molecule has 5 nitrogen and oxygen atoms in total. The molecule has 2 rings (SSSR count). The molecular formula is C19H22BrClN2O3S. The van der Waals surface area contributed by atoms with E-state index in [0.29, 0.717) is 6.54 Å². The molecule has 1 amide bonds. The molecule has 0 aliphatic heterocycles.